The second kappa shape index (κ2) is 9.42. The Morgan fingerprint density at radius 1 is 1.17 bits per heavy atom. The van der Waals surface area contributed by atoms with E-state index < -0.39 is 0 Å². The van der Waals surface area contributed by atoms with E-state index >= 15 is 0 Å². The Balaban J connectivity index is 2.75. The second-order valence-electron chi connectivity index (χ2n) is 6.84. The van der Waals surface area contributed by atoms with Crippen LogP contribution in [-0.4, -0.2) is 55.3 Å². The van der Waals surface area contributed by atoms with Crippen LogP contribution in [0.3, 0.4) is 0 Å². The Morgan fingerprint density at radius 3 is 2.38 bits per heavy atom. The van der Waals surface area contributed by atoms with Crippen LogP contribution < -0.4 is 5.32 Å². The number of carbonyl (C=O) groups is 2. The first-order chi connectivity index (χ1) is 11.2. The molecule has 134 valence electrons. The fraction of sp³-hybridized carbons (Fsp3) is 0.579. The monoisotopic (exact) mass is 333 g/mol. The molecule has 0 atom stereocenters. The zero-order valence-electron chi connectivity index (χ0n) is 15.8. The van der Waals surface area contributed by atoms with Crippen molar-refractivity contribution in [2.75, 3.05) is 39.0 Å². The molecule has 0 aliphatic heterocycles. The van der Waals surface area contributed by atoms with Crippen LogP contribution >= 0.6 is 0 Å². The Kier molecular flexibility index (Phi) is 7.92. The minimum atomic E-state index is -0.147. The number of aryl methyl sites for hydroxylation is 1. The topological polar surface area (TPSA) is 52.7 Å². The van der Waals surface area contributed by atoms with Gasteiger partial charge in [0.2, 0.25) is 11.8 Å². The normalized spacial score (nSPS) is 11.0. The number of nitrogens with one attached hydrogen (secondary N) is 1. The maximum atomic E-state index is 12.4. The fourth-order valence-corrected chi connectivity index (χ4v) is 2.62. The molecule has 0 bridgehead atoms. The zero-order chi connectivity index (χ0) is 18.3. The highest BCUT2D eigenvalue weighted by molar-refractivity contribution is 5.95. The first kappa shape index (κ1) is 20.2. The van der Waals surface area contributed by atoms with Crippen LogP contribution in [-0.2, 0) is 9.59 Å². The van der Waals surface area contributed by atoms with Crippen LogP contribution in [0.25, 0.3) is 0 Å². The molecule has 1 aromatic rings. The SMILES string of the molecule is CC(=O)N(CCCN(C)C)CC(=O)Nc1c(C)cccc1C(C)C. The van der Waals surface area contributed by atoms with E-state index in [0.717, 1.165) is 29.8 Å². The second-order valence-corrected chi connectivity index (χ2v) is 6.84. The summed E-state index contributed by atoms with van der Waals surface area (Å²) in [6, 6.07) is 6.03. The number of benzene rings is 1. The van der Waals surface area contributed by atoms with Crippen molar-refractivity contribution in [2.24, 2.45) is 0 Å². The van der Waals surface area contributed by atoms with Crippen LogP contribution in [0.4, 0.5) is 5.69 Å². The summed E-state index contributed by atoms with van der Waals surface area (Å²) < 4.78 is 0. The highest BCUT2D eigenvalue weighted by atomic mass is 16.2. The molecule has 0 aliphatic rings. The third-order valence-electron chi connectivity index (χ3n) is 4.00. The molecule has 5 heteroatoms. The molecule has 0 heterocycles. The third kappa shape index (κ3) is 6.32. The van der Waals surface area contributed by atoms with Gasteiger partial charge in [-0.15, -0.1) is 0 Å². The van der Waals surface area contributed by atoms with Gasteiger partial charge in [-0.2, -0.15) is 0 Å². The largest absolute Gasteiger partial charge is 0.334 e. The summed E-state index contributed by atoms with van der Waals surface area (Å²) in [6.07, 6.45) is 0.849. The molecule has 0 aromatic heterocycles. The summed E-state index contributed by atoms with van der Waals surface area (Å²) in [4.78, 5) is 27.9. The minimum absolute atomic E-state index is 0.0715. The average molecular weight is 333 g/mol. The van der Waals surface area contributed by atoms with Crippen molar-refractivity contribution in [3.05, 3.63) is 29.3 Å². The molecule has 0 unspecified atom stereocenters. The third-order valence-corrected chi connectivity index (χ3v) is 4.00. The van der Waals surface area contributed by atoms with E-state index in [1.165, 1.54) is 6.92 Å². The van der Waals surface area contributed by atoms with Crippen molar-refractivity contribution in [3.8, 4) is 0 Å². The van der Waals surface area contributed by atoms with Crippen molar-refractivity contribution in [3.63, 3.8) is 0 Å². The lowest BCUT2D eigenvalue weighted by molar-refractivity contribution is -0.132. The highest BCUT2D eigenvalue weighted by Gasteiger charge is 2.16. The average Bonchev–Trinajstić information content (AvgIpc) is 2.47. The molecule has 5 nitrogen and oxygen atoms in total. The molecule has 0 spiro atoms. The van der Waals surface area contributed by atoms with Gasteiger partial charge < -0.3 is 15.1 Å². The number of hydrogen-bond acceptors (Lipinski definition) is 3. The fourth-order valence-electron chi connectivity index (χ4n) is 2.62. The van der Waals surface area contributed by atoms with Crippen LogP contribution in [0, 0.1) is 6.92 Å². The molecule has 1 aromatic carbocycles. The molecule has 1 rings (SSSR count). The summed E-state index contributed by atoms with van der Waals surface area (Å²) in [7, 11) is 3.99. The van der Waals surface area contributed by atoms with Gasteiger partial charge >= 0.3 is 0 Å². The van der Waals surface area contributed by atoms with Crippen molar-refractivity contribution in [1.82, 2.24) is 9.80 Å². The van der Waals surface area contributed by atoms with Gasteiger partial charge in [-0.25, -0.2) is 0 Å². The first-order valence-corrected chi connectivity index (χ1v) is 8.52. The van der Waals surface area contributed by atoms with Crippen LogP contribution in [0.1, 0.15) is 44.2 Å². The van der Waals surface area contributed by atoms with Crippen molar-refractivity contribution < 1.29 is 9.59 Å². The molecule has 24 heavy (non-hydrogen) atoms. The van der Waals surface area contributed by atoms with Gasteiger partial charge in [0.05, 0.1) is 6.54 Å². The molecule has 1 N–H and O–H groups in total. The van der Waals surface area contributed by atoms with E-state index in [9.17, 15) is 9.59 Å². The number of nitrogens with zero attached hydrogens (tertiary/aromatic N) is 2. The number of hydrogen-bond donors (Lipinski definition) is 1. The van der Waals surface area contributed by atoms with Crippen LogP contribution in [0.2, 0.25) is 0 Å². The smallest absolute Gasteiger partial charge is 0.244 e. The Hall–Kier alpha value is -1.88. The van der Waals surface area contributed by atoms with Crippen LogP contribution in [0.5, 0.6) is 0 Å². The minimum Gasteiger partial charge on any atom is -0.334 e. The molecule has 0 saturated heterocycles. The molecular weight excluding hydrogens is 302 g/mol. The van der Waals surface area contributed by atoms with Gasteiger partial charge in [-0.1, -0.05) is 32.0 Å². The first-order valence-electron chi connectivity index (χ1n) is 8.52. The van der Waals surface area contributed by atoms with E-state index in [-0.39, 0.29) is 18.4 Å². The summed E-state index contributed by atoms with van der Waals surface area (Å²) in [6.45, 7) is 9.28. The predicted octanol–water partition coefficient (Wildman–Crippen LogP) is 2.86. The molecule has 0 aliphatic carbocycles. The summed E-state index contributed by atoms with van der Waals surface area (Å²) in [5, 5.41) is 3.00. The summed E-state index contributed by atoms with van der Waals surface area (Å²) in [5.41, 5.74) is 3.02. The lowest BCUT2D eigenvalue weighted by Crippen LogP contribution is -2.38. The lowest BCUT2D eigenvalue weighted by atomic mass is 9.98. The summed E-state index contributed by atoms with van der Waals surface area (Å²) in [5.74, 6) is 0.105. The van der Waals surface area contributed by atoms with Gasteiger partial charge in [0, 0.05) is 19.2 Å². The number of rotatable bonds is 8. The molecule has 0 radical (unpaired) electrons. The molecule has 0 fully saturated rings. The number of para-hydroxylation sites is 1. The van der Waals surface area contributed by atoms with E-state index in [1.807, 2.05) is 39.2 Å². The van der Waals surface area contributed by atoms with E-state index in [4.69, 9.17) is 0 Å². The van der Waals surface area contributed by atoms with E-state index in [2.05, 4.69) is 24.1 Å². The predicted molar refractivity (Wildman–Crippen MR) is 99.3 cm³/mol. The number of carbonyl (C=O) groups excluding carboxylic acids is 2. The maximum absolute atomic E-state index is 12.4. The zero-order valence-corrected chi connectivity index (χ0v) is 15.8. The van der Waals surface area contributed by atoms with Crippen molar-refractivity contribution in [2.45, 2.75) is 40.0 Å². The lowest BCUT2D eigenvalue weighted by Gasteiger charge is -2.23. The number of amides is 2. The quantitative estimate of drug-likeness (QED) is 0.796. The van der Waals surface area contributed by atoms with Gasteiger partial charge in [0.25, 0.3) is 0 Å². The molecular formula is C19H31N3O2. The van der Waals surface area contributed by atoms with Gasteiger partial charge in [0.1, 0.15) is 0 Å². The van der Waals surface area contributed by atoms with E-state index in [0.29, 0.717) is 12.5 Å². The van der Waals surface area contributed by atoms with Gasteiger partial charge in [-0.3, -0.25) is 9.59 Å². The Bertz CT molecular complexity index is 568. The van der Waals surface area contributed by atoms with Crippen molar-refractivity contribution in [1.29, 1.82) is 0 Å². The van der Waals surface area contributed by atoms with Crippen molar-refractivity contribution >= 4 is 17.5 Å². The maximum Gasteiger partial charge on any atom is 0.244 e. The molecule has 2 amide bonds. The molecule has 0 saturated carbocycles. The highest BCUT2D eigenvalue weighted by Crippen LogP contribution is 2.27. The standard InChI is InChI=1S/C19H31N3O2/c1-14(2)17-10-7-9-15(3)19(17)20-18(24)13-22(16(4)23)12-8-11-21(5)6/h7,9-10,14H,8,11-13H2,1-6H3,(H,20,24). The Morgan fingerprint density at radius 2 is 1.83 bits per heavy atom. The van der Waals surface area contributed by atoms with Crippen LogP contribution in [0.15, 0.2) is 18.2 Å². The Labute approximate surface area is 146 Å². The van der Waals surface area contributed by atoms with E-state index in [1.54, 1.807) is 4.90 Å². The van der Waals surface area contributed by atoms with Gasteiger partial charge in [0.15, 0.2) is 0 Å². The van der Waals surface area contributed by atoms with Gasteiger partial charge in [-0.05, 0) is 51.0 Å². The number of anilines is 1. The summed E-state index contributed by atoms with van der Waals surface area (Å²) >= 11 is 0.